The summed E-state index contributed by atoms with van der Waals surface area (Å²) >= 11 is 3.41. The zero-order chi connectivity index (χ0) is 11.5. The van der Waals surface area contributed by atoms with Crippen LogP contribution in [-0.2, 0) is 0 Å². The van der Waals surface area contributed by atoms with Crippen molar-refractivity contribution in [1.29, 1.82) is 0 Å². The Morgan fingerprint density at radius 2 is 2.44 bits per heavy atom. The lowest BCUT2D eigenvalue weighted by Gasteiger charge is -2.11. The quantitative estimate of drug-likeness (QED) is 0.897. The maximum atomic E-state index is 9.08. The summed E-state index contributed by atoms with van der Waals surface area (Å²) in [4.78, 5) is 4.33. The van der Waals surface area contributed by atoms with E-state index in [1.54, 1.807) is 4.52 Å². The van der Waals surface area contributed by atoms with Gasteiger partial charge in [-0.3, -0.25) is 0 Å². The van der Waals surface area contributed by atoms with Gasteiger partial charge in [0.15, 0.2) is 5.65 Å². The third-order valence-electron chi connectivity index (χ3n) is 2.36. The van der Waals surface area contributed by atoms with E-state index in [0.717, 1.165) is 16.5 Å². The number of anilines is 1. The second-order valence-electron chi connectivity index (χ2n) is 3.49. The molecule has 2 aromatic rings. The number of pyridine rings is 1. The summed E-state index contributed by atoms with van der Waals surface area (Å²) in [6, 6.07) is 3.80. The number of rotatable bonds is 4. The molecule has 0 saturated carbocycles. The molecule has 2 heterocycles. The molecule has 0 amide bonds. The lowest BCUT2D eigenvalue weighted by molar-refractivity contribution is 0.271. The molecule has 0 radical (unpaired) electrons. The van der Waals surface area contributed by atoms with Crippen molar-refractivity contribution in [2.45, 2.75) is 19.4 Å². The van der Waals surface area contributed by atoms with E-state index in [9.17, 15) is 0 Å². The van der Waals surface area contributed by atoms with Gasteiger partial charge in [-0.05, 0) is 34.5 Å². The van der Waals surface area contributed by atoms with Crippen molar-refractivity contribution in [2.75, 3.05) is 11.9 Å². The van der Waals surface area contributed by atoms with E-state index in [4.69, 9.17) is 5.11 Å². The normalized spacial score (nSPS) is 12.9. The molecule has 0 bridgehead atoms. The van der Waals surface area contributed by atoms with Crippen molar-refractivity contribution in [3.8, 4) is 0 Å². The first-order valence-electron chi connectivity index (χ1n) is 5.13. The van der Waals surface area contributed by atoms with Gasteiger partial charge in [0.25, 0.3) is 0 Å². The molecule has 1 atom stereocenters. The predicted octanol–water partition coefficient (Wildman–Crippen LogP) is 1.67. The van der Waals surface area contributed by atoms with Crippen molar-refractivity contribution in [2.24, 2.45) is 0 Å². The van der Waals surface area contributed by atoms with E-state index in [-0.39, 0.29) is 12.6 Å². The van der Waals surface area contributed by atoms with E-state index >= 15 is 0 Å². The zero-order valence-electron chi connectivity index (χ0n) is 8.89. The van der Waals surface area contributed by atoms with Gasteiger partial charge in [-0.25, -0.2) is 4.52 Å². The van der Waals surface area contributed by atoms with Gasteiger partial charge in [-0.1, -0.05) is 6.92 Å². The van der Waals surface area contributed by atoms with Gasteiger partial charge in [-0.2, -0.15) is 4.98 Å². The van der Waals surface area contributed by atoms with E-state index in [1.165, 1.54) is 0 Å². The summed E-state index contributed by atoms with van der Waals surface area (Å²) in [7, 11) is 0. The molecule has 0 saturated heterocycles. The Labute approximate surface area is 102 Å². The minimum Gasteiger partial charge on any atom is -0.394 e. The summed E-state index contributed by atoms with van der Waals surface area (Å²) in [5, 5.41) is 16.4. The molecule has 2 rings (SSSR count). The van der Waals surface area contributed by atoms with Gasteiger partial charge >= 0.3 is 0 Å². The smallest absolute Gasteiger partial charge is 0.243 e. The molecule has 5 nitrogen and oxygen atoms in total. The maximum Gasteiger partial charge on any atom is 0.243 e. The van der Waals surface area contributed by atoms with Crippen molar-refractivity contribution in [3.05, 3.63) is 22.8 Å². The van der Waals surface area contributed by atoms with Gasteiger partial charge in [0.1, 0.15) is 0 Å². The second-order valence-corrected chi connectivity index (χ2v) is 4.35. The molecule has 2 N–H and O–H groups in total. The van der Waals surface area contributed by atoms with E-state index < -0.39 is 0 Å². The van der Waals surface area contributed by atoms with Crippen LogP contribution in [0.4, 0.5) is 5.95 Å². The Morgan fingerprint density at radius 1 is 1.62 bits per heavy atom. The van der Waals surface area contributed by atoms with Crippen molar-refractivity contribution in [1.82, 2.24) is 14.6 Å². The minimum atomic E-state index is -0.00353. The molecule has 0 fully saturated rings. The molecule has 0 spiro atoms. The van der Waals surface area contributed by atoms with Gasteiger partial charge < -0.3 is 10.4 Å². The Bertz CT molecular complexity index is 481. The predicted molar refractivity (Wildman–Crippen MR) is 65.5 cm³/mol. The first-order valence-corrected chi connectivity index (χ1v) is 5.92. The summed E-state index contributed by atoms with van der Waals surface area (Å²) < 4.78 is 2.59. The molecular formula is C10H13BrN4O. The highest BCUT2D eigenvalue weighted by Crippen LogP contribution is 2.17. The van der Waals surface area contributed by atoms with Crippen LogP contribution in [0.3, 0.4) is 0 Å². The zero-order valence-corrected chi connectivity index (χ0v) is 10.5. The number of aliphatic hydroxyl groups excluding tert-OH is 1. The number of halogens is 1. The van der Waals surface area contributed by atoms with Crippen LogP contribution in [0.5, 0.6) is 0 Å². The highest BCUT2D eigenvalue weighted by molar-refractivity contribution is 9.10. The van der Waals surface area contributed by atoms with Gasteiger partial charge in [0, 0.05) is 6.20 Å². The topological polar surface area (TPSA) is 62.5 Å². The average Bonchev–Trinajstić information content (AvgIpc) is 2.70. The SMILES string of the molecule is CCC(CO)Nc1nc2c(Br)cccn2n1. The fourth-order valence-corrected chi connectivity index (χ4v) is 1.82. The number of hydrogen-bond acceptors (Lipinski definition) is 4. The molecule has 16 heavy (non-hydrogen) atoms. The van der Waals surface area contributed by atoms with Crippen LogP contribution in [0, 0.1) is 0 Å². The van der Waals surface area contributed by atoms with Gasteiger partial charge in [-0.15, -0.1) is 5.10 Å². The number of nitrogens with zero attached hydrogens (tertiary/aromatic N) is 3. The molecule has 0 aliphatic heterocycles. The van der Waals surface area contributed by atoms with E-state index in [2.05, 4.69) is 31.3 Å². The summed E-state index contributed by atoms with van der Waals surface area (Å²) in [6.07, 6.45) is 2.66. The maximum absolute atomic E-state index is 9.08. The molecule has 1 unspecified atom stereocenters. The van der Waals surface area contributed by atoms with Gasteiger partial charge in [0.05, 0.1) is 17.1 Å². The van der Waals surface area contributed by atoms with Crippen LogP contribution < -0.4 is 5.32 Å². The molecule has 6 heteroatoms. The first-order chi connectivity index (χ1) is 7.74. The summed E-state index contributed by atoms with van der Waals surface area (Å²) in [6.45, 7) is 2.08. The largest absolute Gasteiger partial charge is 0.394 e. The molecular weight excluding hydrogens is 272 g/mol. The highest BCUT2D eigenvalue weighted by Gasteiger charge is 2.09. The molecule has 2 aromatic heterocycles. The van der Waals surface area contributed by atoms with Crippen LogP contribution in [0.2, 0.25) is 0 Å². The van der Waals surface area contributed by atoms with Crippen LogP contribution in [0.25, 0.3) is 5.65 Å². The third kappa shape index (κ3) is 2.17. The molecule has 0 aromatic carbocycles. The van der Waals surface area contributed by atoms with Crippen molar-refractivity contribution < 1.29 is 5.11 Å². The number of aliphatic hydroxyl groups is 1. The monoisotopic (exact) mass is 284 g/mol. The number of fused-ring (bicyclic) bond motifs is 1. The second kappa shape index (κ2) is 4.80. The summed E-state index contributed by atoms with van der Waals surface area (Å²) in [5.74, 6) is 0.535. The van der Waals surface area contributed by atoms with E-state index in [0.29, 0.717) is 5.95 Å². The average molecular weight is 285 g/mol. The fourth-order valence-electron chi connectivity index (χ4n) is 1.39. The lowest BCUT2D eigenvalue weighted by Crippen LogP contribution is -2.23. The standard InChI is InChI=1S/C10H13BrN4O/c1-2-7(6-16)12-10-13-9-8(11)4-3-5-15(9)14-10/h3-5,7,16H,2,6H2,1H3,(H,12,14). The third-order valence-corrected chi connectivity index (χ3v) is 2.98. The van der Waals surface area contributed by atoms with Crippen LogP contribution in [0.15, 0.2) is 22.8 Å². The Morgan fingerprint density at radius 3 is 3.06 bits per heavy atom. The molecule has 86 valence electrons. The van der Waals surface area contributed by atoms with Crippen molar-refractivity contribution in [3.63, 3.8) is 0 Å². The molecule has 0 aliphatic carbocycles. The number of nitrogens with one attached hydrogen (secondary N) is 1. The van der Waals surface area contributed by atoms with E-state index in [1.807, 2.05) is 25.3 Å². The minimum absolute atomic E-state index is 0.00353. The van der Waals surface area contributed by atoms with Crippen LogP contribution in [-0.4, -0.2) is 32.4 Å². The fraction of sp³-hybridized carbons (Fsp3) is 0.400. The highest BCUT2D eigenvalue weighted by atomic mass is 79.9. The Hall–Kier alpha value is -1.14. The molecule has 0 aliphatic rings. The number of aromatic nitrogens is 3. The van der Waals surface area contributed by atoms with Crippen LogP contribution in [0.1, 0.15) is 13.3 Å². The first kappa shape index (κ1) is 11.3. The van der Waals surface area contributed by atoms with Gasteiger partial charge in [0.2, 0.25) is 5.95 Å². The lowest BCUT2D eigenvalue weighted by atomic mass is 10.2. The summed E-state index contributed by atoms with van der Waals surface area (Å²) in [5.41, 5.74) is 0.762. The van der Waals surface area contributed by atoms with Crippen LogP contribution >= 0.6 is 15.9 Å². The Balaban J connectivity index is 2.29. The Kier molecular flexibility index (Phi) is 3.40. The number of hydrogen-bond donors (Lipinski definition) is 2. The van der Waals surface area contributed by atoms with Crippen molar-refractivity contribution >= 4 is 27.5 Å².